The molecule has 2 nitrogen and oxygen atoms in total. The predicted molar refractivity (Wildman–Crippen MR) is 53.5 cm³/mol. The third-order valence-electron chi connectivity index (χ3n) is 2.29. The van der Waals surface area contributed by atoms with Gasteiger partial charge in [0.2, 0.25) is 0 Å². The second-order valence-electron chi connectivity index (χ2n) is 4.94. The maximum atomic E-state index is 11.5. The molecule has 13 heavy (non-hydrogen) atoms. The molecule has 0 atom stereocenters. The quantitative estimate of drug-likeness (QED) is 0.615. The Labute approximate surface area is 80.7 Å². The number of carbonyl (C=O) groups is 2. The average molecular weight is 184 g/mol. The van der Waals surface area contributed by atoms with Crippen molar-refractivity contribution in [1.82, 2.24) is 0 Å². The minimum Gasteiger partial charge on any atom is -0.303 e. The molecule has 76 valence electrons. The lowest BCUT2D eigenvalue weighted by Gasteiger charge is -2.29. The van der Waals surface area contributed by atoms with Gasteiger partial charge in [-0.2, -0.15) is 0 Å². The van der Waals surface area contributed by atoms with Gasteiger partial charge in [-0.15, -0.1) is 0 Å². The summed E-state index contributed by atoms with van der Waals surface area (Å²) in [4.78, 5) is 22.2. The molecule has 0 aromatic rings. The lowest BCUT2D eigenvalue weighted by Crippen LogP contribution is -2.30. The van der Waals surface area contributed by atoms with Crippen LogP contribution in [0.15, 0.2) is 0 Å². The summed E-state index contributed by atoms with van der Waals surface area (Å²) in [6.45, 7) is 9.40. The molecule has 0 aliphatic carbocycles. The van der Waals surface area contributed by atoms with E-state index in [9.17, 15) is 9.59 Å². The highest BCUT2D eigenvalue weighted by molar-refractivity contribution is 5.84. The van der Waals surface area contributed by atoms with Crippen molar-refractivity contribution >= 4 is 12.1 Å². The van der Waals surface area contributed by atoms with Gasteiger partial charge in [-0.3, -0.25) is 4.79 Å². The van der Waals surface area contributed by atoms with E-state index < -0.39 is 5.41 Å². The molecule has 0 saturated carbocycles. The smallest absolute Gasteiger partial charge is 0.138 e. The summed E-state index contributed by atoms with van der Waals surface area (Å²) in [6, 6.07) is 0. The highest BCUT2D eigenvalue weighted by atomic mass is 16.1. The zero-order chi connectivity index (χ0) is 10.7. The lowest BCUT2D eigenvalue weighted by atomic mass is 9.73. The third kappa shape index (κ3) is 3.71. The van der Waals surface area contributed by atoms with Crippen molar-refractivity contribution in [3.8, 4) is 0 Å². The molecule has 0 aromatic heterocycles. The predicted octanol–water partition coefficient (Wildman–Crippen LogP) is 2.61. The zero-order valence-electron chi connectivity index (χ0n) is 9.31. The topological polar surface area (TPSA) is 34.1 Å². The van der Waals surface area contributed by atoms with Gasteiger partial charge in [-0.1, -0.05) is 34.6 Å². The molecule has 0 spiro atoms. The van der Waals surface area contributed by atoms with Crippen LogP contribution in [-0.4, -0.2) is 12.1 Å². The molecule has 0 aromatic carbocycles. The van der Waals surface area contributed by atoms with E-state index in [1.165, 1.54) is 0 Å². The molecule has 0 fully saturated rings. The molecule has 0 aliphatic heterocycles. The van der Waals surface area contributed by atoms with Crippen molar-refractivity contribution in [3.05, 3.63) is 0 Å². The fraction of sp³-hybridized carbons (Fsp3) is 0.818. The van der Waals surface area contributed by atoms with Crippen LogP contribution in [0.1, 0.15) is 47.5 Å². The Morgan fingerprint density at radius 1 is 1.23 bits per heavy atom. The molecular weight excluding hydrogens is 164 g/mol. The van der Waals surface area contributed by atoms with Gasteiger partial charge in [0.1, 0.15) is 12.1 Å². The second-order valence-corrected chi connectivity index (χ2v) is 4.94. The van der Waals surface area contributed by atoms with E-state index in [1.54, 1.807) is 0 Å². The van der Waals surface area contributed by atoms with Gasteiger partial charge < -0.3 is 4.79 Å². The number of rotatable bonds is 5. The maximum absolute atomic E-state index is 11.5. The average Bonchev–Trinajstić information content (AvgIpc) is 2.01. The van der Waals surface area contributed by atoms with Crippen LogP contribution in [0.25, 0.3) is 0 Å². The first-order valence-corrected chi connectivity index (χ1v) is 4.75. The first kappa shape index (κ1) is 12.3. The van der Waals surface area contributed by atoms with E-state index in [-0.39, 0.29) is 11.2 Å². The Morgan fingerprint density at radius 3 is 2.00 bits per heavy atom. The van der Waals surface area contributed by atoms with Gasteiger partial charge in [0.15, 0.2) is 0 Å². The molecule has 0 heterocycles. The standard InChI is InChI=1S/C11H20O2/c1-6-9(13)11(4,5)7-10(2,3)8-12/h8H,6-7H2,1-5H3. The Balaban J connectivity index is 4.50. The van der Waals surface area contributed by atoms with E-state index in [2.05, 4.69) is 0 Å². The van der Waals surface area contributed by atoms with Crippen molar-refractivity contribution < 1.29 is 9.59 Å². The lowest BCUT2D eigenvalue weighted by molar-refractivity contribution is -0.129. The fourth-order valence-corrected chi connectivity index (χ4v) is 1.76. The van der Waals surface area contributed by atoms with Gasteiger partial charge in [0, 0.05) is 17.3 Å². The van der Waals surface area contributed by atoms with E-state index in [0.717, 1.165) is 6.29 Å². The summed E-state index contributed by atoms with van der Waals surface area (Å²) in [6.07, 6.45) is 2.09. The van der Waals surface area contributed by atoms with E-state index in [1.807, 2.05) is 34.6 Å². The fourth-order valence-electron chi connectivity index (χ4n) is 1.76. The summed E-state index contributed by atoms with van der Waals surface area (Å²) in [5.41, 5.74) is -0.770. The molecule has 0 unspecified atom stereocenters. The van der Waals surface area contributed by atoms with Crippen molar-refractivity contribution in [2.75, 3.05) is 0 Å². The van der Waals surface area contributed by atoms with Crippen LogP contribution >= 0.6 is 0 Å². The molecular formula is C11H20O2. The summed E-state index contributed by atoms with van der Waals surface area (Å²) >= 11 is 0. The molecule has 0 aliphatic rings. The Hall–Kier alpha value is -0.660. The number of aldehydes is 1. The highest BCUT2D eigenvalue weighted by Crippen LogP contribution is 2.33. The molecule has 0 bridgehead atoms. The third-order valence-corrected chi connectivity index (χ3v) is 2.29. The van der Waals surface area contributed by atoms with Gasteiger partial charge >= 0.3 is 0 Å². The van der Waals surface area contributed by atoms with Crippen molar-refractivity contribution in [2.24, 2.45) is 10.8 Å². The van der Waals surface area contributed by atoms with Crippen molar-refractivity contribution in [2.45, 2.75) is 47.5 Å². The minimum atomic E-state index is -0.395. The van der Waals surface area contributed by atoms with Crippen molar-refractivity contribution in [1.29, 1.82) is 0 Å². The first-order valence-electron chi connectivity index (χ1n) is 4.75. The number of ketones is 1. The summed E-state index contributed by atoms with van der Waals surface area (Å²) in [5.74, 6) is 0.224. The number of Topliss-reactive ketones (excluding diaryl/α,β-unsaturated/α-hetero) is 1. The highest BCUT2D eigenvalue weighted by Gasteiger charge is 2.33. The Morgan fingerprint density at radius 2 is 1.69 bits per heavy atom. The summed E-state index contributed by atoms with van der Waals surface area (Å²) < 4.78 is 0. The van der Waals surface area contributed by atoms with E-state index in [0.29, 0.717) is 12.8 Å². The van der Waals surface area contributed by atoms with Gasteiger partial charge in [-0.25, -0.2) is 0 Å². The molecule has 0 amide bonds. The number of hydrogen-bond donors (Lipinski definition) is 0. The van der Waals surface area contributed by atoms with E-state index >= 15 is 0 Å². The van der Waals surface area contributed by atoms with Crippen LogP contribution in [0.3, 0.4) is 0 Å². The number of carbonyl (C=O) groups excluding carboxylic acids is 2. The van der Waals surface area contributed by atoms with Crippen LogP contribution in [-0.2, 0) is 9.59 Å². The zero-order valence-corrected chi connectivity index (χ0v) is 9.31. The van der Waals surface area contributed by atoms with Gasteiger partial charge in [0.25, 0.3) is 0 Å². The molecule has 0 N–H and O–H groups in total. The largest absolute Gasteiger partial charge is 0.303 e. The first-order chi connectivity index (χ1) is 5.75. The van der Waals surface area contributed by atoms with Crippen LogP contribution in [0, 0.1) is 10.8 Å². The summed E-state index contributed by atoms with van der Waals surface area (Å²) in [7, 11) is 0. The molecule has 0 saturated heterocycles. The van der Waals surface area contributed by atoms with Crippen LogP contribution < -0.4 is 0 Å². The molecule has 2 heteroatoms. The van der Waals surface area contributed by atoms with Gasteiger partial charge in [0.05, 0.1) is 0 Å². The van der Waals surface area contributed by atoms with Gasteiger partial charge in [-0.05, 0) is 6.42 Å². The molecule has 0 rings (SSSR count). The Bertz CT molecular complexity index is 202. The SMILES string of the molecule is CCC(=O)C(C)(C)CC(C)(C)C=O. The normalized spacial score (nSPS) is 12.7. The monoisotopic (exact) mass is 184 g/mol. The molecule has 0 radical (unpaired) electrons. The van der Waals surface area contributed by atoms with Crippen LogP contribution in [0.2, 0.25) is 0 Å². The van der Waals surface area contributed by atoms with Crippen LogP contribution in [0.5, 0.6) is 0 Å². The maximum Gasteiger partial charge on any atom is 0.138 e. The minimum absolute atomic E-state index is 0.224. The second kappa shape index (κ2) is 4.03. The van der Waals surface area contributed by atoms with E-state index in [4.69, 9.17) is 0 Å². The summed E-state index contributed by atoms with van der Waals surface area (Å²) in [5, 5.41) is 0. The Kier molecular flexibility index (Phi) is 3.83. The van der Waals surface area contributed by atoms with Crippen molar-refractivity contribution in [3.63, 3.8) is 0 Å². The van der Waals surface area contributed by atoms with Crippen LogP contribution in [0.4, 0.5) is 0 Å². The number of hydrogen-bond acceptors (Lipinski definition) is 2.